The molecule has 1 atom stereocenters. The third-order valence-electron chi connectivity index (χ3n) is 4.08. The Kier molecular flexibility index (Phi) is 5.27. The van der Waals surface area contributed by atoms with E-state index in [0.29, 0.717) is 12.0 Å². The SMILES string of the molecule is CC(=O)NC[C@H]1CN(c2cc(F)c(C3=CCSCC3)c(F)c2)C(=O)O1. The summed E-state index contributed by atoms with van der Waals surface area (Å²) in [5.74, 6) is -0.0537. The number of rotatable bonds is 4. The summed E-state index contributed by atoms with van der Waals surface area (Å²) in [7, 11) is 0. The van der Waals surface area contributed by atoms with Crippen molar-refractivity contribution in [3.05, 3.63) is 35.4 Å². The van der Waals surface area contributed by atoms with Gasteiger partial charge in [0.15, 0.2) is 0 Å². The normalized spacial score (nSPS) is 20.3. The fourth-order valence-electron chi connectivity index (χ4n) is 2.87. The van der Waals surface area contributed by atoms with Crippen molar-refractivity contribution in [2.45, 2.75) is 19.4 Å². The van der Waals surface area contributed by atoms with E-state index in [4.69, 9.17) is 4.74 Å². The molecule has 25 heavy (non-hydrogen) atoms. The Morgan fingerprint density at radius 3 is 2.72 bits per heavy atom. The number of nitrogens with one attached hydrogen (secondary N) is 1. The molecule has 2 heterocycles. The van der Waals surface area contributed by atoms with Crippen LogP contribution in [0.15, 0.2) is 18.2 Å². The van der Waals surface area contributed by atoms with E-state index in [0.717, 1.165) is 23.6 Å². The molecule has 0 radical (unpaired) electrons. The van der Waals surface area contributed by atoms with Crippen LogP contribution in [0, 0.1) is 11.6 Å². The second kappa shape index (κ2) is 7.43. The van der Waals surface area contributed by atoms with Gasteiger partial charge in [0.25, 0.3) is 0 Å². The lowest BCUT2D eigenvalue weighted by atomic mass is 10.0. The summed E-state index contributed by atoms with van der Waals surface area (Å²) in [5, 5.41) is 2.55. The van der Waals surface area contributed by atoms with Crippen LogP contribution in [0.5, 0.6) is 0 Å². The van der Waals surface area contributed by atoms with Crippen molar-refractivity contribution in [1.29, 1.82) is 0 Å². The molecule has 0 bridgehead atoms. The number of amides is 2. The van der Waals surface area contributed by atoms with Gasteiger partial charge in [-0.1, -0.05) is 6.08 Å². The first-order valence-electron chi connectivity index (χ1n) is 7.94. The van der Waals surface area contributed by atoms with Crippen molar-refractivity contribution >= 4 is 35.0 Å². The van der Waals surface area contributed by atoms with E-state index >= 15 is 0 Å². The average Bonchev–Trinajstić information content (AvgIpc) is 2.94. The van der Waals surface area contributed by atoms with Gasteiger partial charge >= 0.3 is 6.09 Å². The Bertz CT molecular complexity index is 716. The summed E-state index contributed by atoms with van der Waals surface area (Å²) in [4.78, 5) is 24.1. The average molecular weight is 368 g/mol. The lowest BCUT2D eigenvalue weighted by molar-refractivity contribution is -0.119. The van der Waals surface area contributed by atoms with Crippen LogP contribution in [0.3, 0.4) is 0 Å². The van der Waals surface area contributed by atoms with E-state index in [1.165, 1.54) is 11.8 Å². The van der Waals surface area contributed by atoms with Gasteiger partial charge in [-0.05, 0) is 29.9 Å². The van der Waals surface area contributed by atoms with Crippen molar-refractivity contribution in [2.24, 2.45) is 0 Å². The van der Waals surface area contributed by atoms with E-state index in [9.17, 15) is 18.4 Å². The standard InChI is InChI=1S/C17H18F2N2O3S/c1-10(22)20-8-13-9-21(17(23)24-13)12-6-14(18)16(15(19)7-12)11-2-4-25-5-3-11/h2,6-7,13H,3-5,8-9H2,1H3,(H,20,22)/t13-/m0/s1. The molecule has 2 aliphatic heterocycles. The van der Waals surface area contributed by atoms with Gasteiger partial charge in [0.1, 0.15) is 17.7 Å². The molecular weight excluding hydrogens is 350 g/mol. The number of thioether (sulfide) groups is 1. The van der Waals surface area contributed by atoms with E-state index in [1.54, 1.807) is 11.8 Å². The van der Waals surface area contributed by atoms with Gasteiger partial charge in [-0.2, -0.15) is 11.8 Å². The Morgan fingerprint density at radius 1 is 1.40 bits per heavy atom. The second-order valence-electron chi connectivity index (χ2n) is 5.89. The maximum Gasteiger partial charge on any atom is 0.414 e. The molecular formula is C17H18F2N2O3S. The number of hydrogen-bond donors (Lipinski definition) is 1. The first kappa shape index (κ1) is 17.7. The summed E-state index contributed by atoms with van der Waals surface area (Å²) in [5.41, 5.74) is 0.749. The minimum absolute atomic E-state index is 0.0218. The maximum absolute atomic E-state index is 14.5. The molecule has 1 aromatic carbocycles. The van der Waals surface area contributed by atoms with Gasteiger partial charge in [0.2, 0.25) is 5.91 Å². The number of allylic oxidation sites excluding steroid dienone is 1. The van der Waals surface area contributed by atoms with Gasteiger partial charge in [-0.15, -0.1) is 0 Å². The molecule has 8 heteroatoms. The highest BCUT2D eigenvalue weighted by Crippen LogP contribution is 2.33. The second-order valence-corrected chi connectivity index (χ2v) is 7.04. The lowest BCUT2D eigenvalue weighted by Crippen LogP contribution is -2.33. The molecule has 2 amide bonds. The zero-order valence-corrected chi connectivity index (χ0v) is 14.5. The summed E-state index contributed by atoms with van der Waals surface area (Å²) >= 11 is 1.72. The minimum atomic E-state index is -0.689. The zero-order valence-electron chi connectivity index (χ0n) is 13.7. The smallest absolute Gasteiger partial charge is 0.414 e. The van der Waals surface area contributed by atoms with Gasteiger partial charge in [-0.25, -0.2) is 13.6 Å². The van der Waals surface area contributed by atoms with Crippen LogP contribution in [0.4, 0.5) is 19.3 Å². The van der Waals surface area contributed by atoms with E-state index in [2.05, 4.69) is 5.32 Å². The Labute approximate surface area is 148 Å². The molecule has 134 valence electrons. The predicted octanol–water partition coefficient (Wildman–Crippen LogP) is 2.95. The number of carbonyl (C=O) groups excluding carboxylic acids is 2. The highest BCUT2D eigenvalue weighted by Gasteiger charge is 2.33. The lowest BCUT2D eigenvalue weighted by Gasteiger charge is -2.18. The number of benzene rings is 1. The Morgan fingerprint density at radius 2 is 2.12 bits per heavy atom. The quantitative estimate of drug-likeness (QED) is 0.888. The number of hydrogen-bond acceptors (Lipinski definition) is 4. The first-order chi connectivity index (χ1) is 12.0. The van der Waals surface area contributed by atoms with Crippen LogP contribution < -0.4 is 10.2 Å². The van der Waals surface area contributed by atoms with Crippen molar-refractivity contribution in [3.8, 4) is 0 Å². The fourth-order valence-corrected chi connectivity index (χ4v) is 3.72. The number of cyclic esters (lactones) is 1. The first-order valence-corrected chi connectivity index (χ1v) is 9.10. The third-order valence-corrected chi connectivity index (χ3v) is 4.97. The highest BCUT2D eigenvalue weighted by molar-refractivity contribution is 7.99. The Balaban J connectivity index is 1.80. The number of halogens is 2. The van der Waals surface area contributed by atoms with E-state index in [1.807, 2.05) is 6.08 Å². The van der Waals surface area contributed by atoms with Gasteiger partial charge < -0.3 is 10.1 Å². The number of carbonyl (C=O) groups is 2. The van der Waals surface area contributed by atoms with Crippen molar-refractivity contribution in [2.75, 3.05) is 29.5 Å². The number of anilines is 1. The summed E-state index contributed by atoms with van der Waals surface area (Å²) in [6.07, 6.45) is 1.21. The van der Waals surface area contributed by atoms with Crippen molar-refractivity contribution < 1.29 is 23.1 Å². The zero-order chi connectivity index (χ0) is 18.0. The van der Waals surface area contributed by atoms with Gasteiger partial charge in [-0.3, -0.25) is 9.69 Å². The predicted molar refractivity (Wildman–Crippen MR) is 92.6 cm³/mol. The molecule has 0 unspecified atom stereocenters. The van der Waals surface area contributed by atoms with E-state index < -0.39 is 23.8 Å². The number of ether oxygens (including phenoxy) is 1. The van der Waals surface area contributed by atoms with Crippen LogP contribution in [-0.4, -0.2) is 42.7 Å². The summed E-state index contributed by atoms with van der Waals surface area (Å²) < 4.78 is 34.1. The van der Waals surface area contributed by atoms with Gasteiger partial charge in [0, 0.05) is 18.2 Å². The van der Waals surface area contributed by atoms with Crippen LogP contribution in [-0.2, 0) is 9.53 Å². The topological polar surface area (TPSA) is 58.6 Å². The molecule has 1 fully saturated rings. The van der Waals surface area contributed by atoms with Crippen LogP contribution in [0.25, 0.3) is 5.57 Å². The molecule has 5 nitrogen and oxygen atoms in total. The van der Waals surface area contributed by atoms with Crippen LogP contribution in [0.1, 0.15) is 18.9 Å². The van der Waals surface area contributed by atoms with Crippen LogP contribution in [0.2, 0.25) is 0 Å². The molecule has 2 aliphatic rings. The van der Waals surface area contributed by atoms with Gasteiger partial charge in [0.05, 0.1) is 18.8 Å². The molecule has 3 rings (SSSR count). The maximum atomic E-state index is 14.5. The number of nitrogens with zero attached hydrogens (tertiary/aromatic N) is 1. The summed E-state index contributed by atoms with van der Waals surface area (Å²) in [6.45, 7) is 1.64. The highest BCUT2D eigenvalue weighted by atomic mass is 32.2. The minimum Gasteiger partial charge on any atom is -0.442 e. The molecule has 0 saturated carbocycles. The monoisotopic (exact) mass is 368 g/mol. The molecule has 1 saturated heterocycles. The Hall–Kier alpha value is -2.09. The molecule has 1 aromatic rings. The fraction of sp³-hybridized carbons (Fsp3) is 0.412. The summed E-state index contributed by atoms with van der Waals surface area (Å²) in [6, 6.07) is 2.31. The molecule has 0 spiro atoms. The van der Waals surface area contributed by atoms with Crippen LogP contribution >= 0.6 is 11.8 Å². The molecule has 1 N–H and O–H groups in total. The molecule has 0 aliphatic carbocycles. The third kappa shape index (κ3) is 3.95. The van der Waals surface area contributed by atoms with Crippen molar-refractivity contribution in [1.82, 2.24) is 5.32 Å². The van der Waals surface area contributed by atoms with E-state index in [-0.39, 0.29) is 30.2 Å². The molecule has 0 aromatic heterocycles. The largest absolute Gasteiger partial charge is 0.442 e. The van der Waals surface area contributed by atoms with Crippen molar-refractivity contribution in [3.63, 3.8) is 0 Å².